The number of methoxy groups -OCH3 is 3. The molecule has 0 aliphatic carbocycles. The zero-order chi connectivity index (χ0) is 15.4. The van der Waals surface area contributed by atoms with E-state index in [-0.39, 0.29) is 11.4 Å². The molecule has 0 saturated carbocycles. The first-order valence-corrected chi connectivity index (χ1v) is 6.10. The van der Waals surface area contributed by atoms with Crippen molar-refractivity contribution in [3.05, 3.63) is 36.0 Å². The molecule has 0 amide bonds. The van der Waals surface area contributed by atoms with Crippen LogP contribution in [0.5, 0.6) is 17.4 Å². The van der Waals surface area contributed by atoms with Crippen LogP contribution in [0.3, 0.4) is 0 Å². The monoisotopic (exact) mass is 289 g/mol. The zero-order valence-electron chi connectivity index (χ0n) is 11.9. The van der Waals surface area contributed by atoms with Gasteiger partial charge >= 0.3 is 5.97 Å². The van der Waals surface area contributed by atoms with E-state index in [2.05, 4.69) is 4.98 Å². The second kappa shape index (κ2) is 6.13. The van der Waals surface area contributed by atoms with Crippen LogP contribution in [-0.4, -0.2) is 37.4 Å². The highest BCUT2D eigenvalue weighted by molar-refractivity contribution is 5.91. The van der Waals surface area contributed by atoms with E-state index < -0.39 is 5.97 Å². The van der Waals surface area contributed by atoms with Crippen LogP contribution < -0.4 is 14.2 Å². The van der Waals surface area contributed by atoms with Gasteiger partial charge < -0.3 is 19.3 Å². The van der Waals surface area contributed by atoms with Gasteiger partial charge in [-0.25, -0.2) is 9.78 Å². The van der Waals surface area contributed by atoms with E-state index in [0.29, 0.717) is 17.1 Å². The van der Waals surface area contributed by atoms with Gasteiger partial charge in [0.15, 0.2) is 11.5 Å². The van der Waals surface area contributed by atoms with E-state index in [1.807, 2.05) is 0 Å². The van der Waals surface area contributed by atoms with Crippen LogP contribution in [0.1, 0.15) is 10.4 Å². The molecule has 0 aliphatic rings. The number of aromatic nitrogens is 1. The molecule has 0 unspecified atom stereocenters. The maximum absolute atomic E-state index is 11.2. The quantitative estimate of drug-likeness (QED) is 0.911. The van der Waals surface area contributed by atoms with Crippen LogP contribution >= 0.6 is 0 Å². The van der Waals surface area contributed by atoms with Crippen LogP contribution in [0.4, 0.5) is 0 Å². The number of rotatable bonds is 5. The molecule has 0 fully saturated rings. The Hall–Kier alpha value is -2.76. The SMILES string of the molecule is COc1ccc(-c2cnc(OC)c(C(=O)O)c2)cc1OC. The van der Waals surface area contributed by atoms with Crippen LogP contribution in [0, 0.1) is 0 Å². The van der Waals surface area contributed by atoms with E-state index in [4.69, 9.17) is 14.2 Å². The van der Waals surface area contributed by atoms with Crippen molar-refractivity contribution in [3.8, 4) is 28.5 Å². The maximum atomic E-state index is 11.2. The summed E-state index contributed by atoms with van der Waals surface area (Å²) in [5, 5.41) is 9.19. The number of hydrogen-bond acceptors (Lipinski definition) is 5. The lowest BCUT2D eigenvalue weighted by molar-refractivity contribution is 0.0692. The average Bonchev–Trinajstić information content (AvgIpc) is 2.53. The topological polar surface area (TPSA) is 77.9 Å². The predicted molar refractivity (Wildman–Crippen MR) is 76.3 cm³/mol. The van der Waals surface area contributed by atoms with E-state index in [9.17, 15) is 9.90 Å². The fourth-order valence-electron chi connectivity index (χ4n) is 1.94. The lowest BCUT2D eigenvalue weighted by Crippen LogP contribution is -2.02. The Morgan fingerprint density at radius 2 is 1.71 bits per heavy atom. The summed E-state index contributed by atoms with van der Waals surface area (Å²) in [6, 6.07) is 6.82. The molecule has 0 bridgehead atoms. The van der Waals surface area contributed by atoms with Gasteiger partial charge in [0.05, 0.1) is 21.3 Å². The summed E-state index contributed by atoms with van der Waals surface area (Å²) in [5.41, 5.74) is 1.42. The fourth-order valence-corrected chi connectivity index (χ4v) is 1.94. The number of carboxylic acid groups (broad SMARTS) is 1. The van der Waals surface area contributed by atoms with Crippen molar-refractivity contribution in [1.82, 2.24) is 4.98 Å². The number of benzene rings is 1. The van der Waals surface area contributed by atoms with E-state index in [1.165, 1.54) is 20.3 Å². The van der Waals surface area contributed by atoms with Gasteiger partial charge in [0.1, 0.15) is 5.56 Å². The Balaban J connectivity index is 2.51. The van der Waals surface area contributed by atoms with Gasteiger partial charge in [-0.3, -0.25) is 0 Å². The highest BCUT2D eigenvalue weighted by atomic mass is 16.5. The fraction of sp³-hybridized carbons (Fsp3) is 0.200. The van der Waals surface area contributed by atoms with Gasteiger partial charge in [0, 0.05) is 11.8 Å². The average molecular weight is 289 g/mol. The molecule has 0 saturated heterocycles. The number of carboxylic acids is 1. The number of pyridine rings is 1. The minimum absolute atomic E-state index is 0.00443. The summed E-state index contributed by atoms with van der Waals surface area (Å²) < 4.78 is 15.3. The third-order valence-electron chi connectivity index (χ3n) is 2.99. The molecular weight excluding hydrogens is 274 g/mol. The summed E-state index contributed by atoms with van der Waals surface area (Å²) in [6.07, 6.45) is 1.55. The standard InChI is InChI=1S/C15H15NO5/c1-19-12-5-4-9(7-13(12)20-2)10-6-11(15(17)18)14(21-3)16-8-10/h4-8H,1-3H3,(H,17,18). The van der Waals surface area contributed by atoms with Crippen molar-refractivity contribution in [1.29, 1.82) is 0 Å². The summed E-state index contributed by atoms with van der Waals surface area (Å²) >= 11 is 0. The first kappa shape index (κ1) is 14.6. The number of carbonyl (C=O) groups is 1. The van der Waals surface area contributed by atoms with E-state index >= 15 is 0 Å². The highest BCUT2D eigenvalue weighted by Crippen LogP contribution is 2.33. The highest BCUT2D eigenvalue weighted by Gasteiger charge is 2.15. The van der Waals surface area contributed by atoms with Gasteiger partial charge in [0.25, 0.3) is 0 Å². The molecule has 6 heteroatoms. The molecule has 1 aromatic carbocycles. The lowest BCUT2D eigenvalue weighted by atomic mass is 10.1. The molecule has 0 radical (unpaired) electrons. The molecule has 0 spiro atoms. The van der Waals surface area contributed by atoms with E-state index in [1.54, 1.807) is 31.5 Å². The predicted octanol–water partition coefficient (Wildman–Crippen LogP) is 2.47. The van der Waals surface area contributed by atoms with Gasteiger partial charge in [-0.2, -0.15) is 0 Å². The molecule has 2 rings (SSSR count). The number of ether oxygens (including phenoxy) is 3. The smallest absolute Gasteiger partial charge is 0.341 e. The minimum atomic E-state index is -1.10. The molecule has 2 aromatic rings. The minimum Gasteiger partial charge on any atom is -0.493 e. The maximum Gasteiger partial charge on any atom is 0.341 e. The molecule has 110 valence electrons. The number of nitrogens with zero attached hydrogens (tertiary/aromatic N) is 1. The van der Waals surface area contributed by atoms with Crippen molar-refractivity contribution in [2.24, 2.45) is 0 Å². The first-order valence-electron chi connectivity index (χ1n) is 6.10. The Bertz CT molecular complexity index is 669. The third kappa shape index (κ3) is 2.89. The van der Waals surface area contributed by atoms with Crippen molar-refractivity contribution in [2.75, 3.05) is 21.3 Å². The summed E-state index contributed by atoms with van der Waals surface area (Å²) in [7, 11) is 4.47. The molecule has 1 N–H and O–H groups in total. The molecule has 0 atom stereocenters. The van der Waals surface area contributed by atoms with Crippen molar-refractivity contribution < 1.29 is 24.1 Å². The molecule has 21 heavy (non-hydrogen) atoms. The van der Waals surface area contributed by atoms with Crippen molar-refractivity contribution in [3.63, 3.8) is 0 Å². The molecule has 1 heterocycles. The summed E-state index contributed by atoms with van der Waals surface area (Å²) in [5.74, 6) is 0.136. The van der Waals surface area contributed by atoms with Crippen molar-refractivity contribution in [2.45, 2.75) is 0 Å². The largest absolute Gasteiger partial charge is 0.493 e. The lowest BCUT2D eigenvalue weighted by Gasteiger charge is -2.11. The Labute approximate surface area is 121 Å². The Kier molecular flexibility index (Phi) is 4.27. The third-order valence-corrected chi connectivity index (χ3v) is 2.99. The second-order valence-electron chi connectivity index (χ2n) is 4.16. The van der Waals surface area contributed by atoms with Crippen LogP contribution in [0.2, 0.25) is 0 Å². The summed E-state index contributed by atoms with van der Waals surface area (Å²) in [6.45, 7) is 0. The molecule has 0 aliphatic heterocycles. The first-order chi connectivity index (χ1) is 10.1. The molecule has 1 aromatic heterocycles. The Morgan fingerprint density at radius 3 is 2.29 bits per heavy atom. The van der Waals surface area contributed by atoms with Gasteiger partial charge in [-0.05, 0) is 23.8 Å². The van der Waals surface area contributed by atoms with Crippen LogP contribution in [0.25, 0.3) is 11.1 Å². The van der Waals surface area contributed by atoms with Crippen LogP contribution in [-0.2, 0) is 0 Å². The van der Waals surface area contributed by atoms with Crippen LogP contribution in [0.15, 0.2) is 30.5 Å². The van der Waals surface area contributed by atoms with Gasteiger partial charge in [-0.15, -0.1) is 0 Å². The van der Waals surface area contributed by atoms with E-state index in [0.717, 1.165) is 5.56 Å². The molecular formula is C15H15NO5. The molecule has 6 nitrogen and oxygen atoms in total. The zero-order valence-corrected chi connectivity index (χ0v) is 11.9. The normalized spacial score (nSPS) is 10.0. The van der Waals surface area contributed by atoms with Crippen molar-refractivity contribution >= 4 is 5.97 Å². The number of hydrogen-bond donors (Lipinski definition) is 1. The van der Waals surface area contributed by atoms with Gasteiger partial charge in [0.2, 0.25) is 5.88 Å². The Morgan fingerprint density at radius 1 is 1.00 bits per heavy atom. The van der Waals surface area contributed by atoms with Gasteiger partial charge in [-0.1, -0.05) is 6.07 Å². The second-order valence-corrected chi connectivity index (χ2v) is 4.16. The summed E-state index contributed by atoms with van der Waals surface area (Å²) in [4.78, 5) is 15.2. The number of aromatic carboxylic acids is 1.